The van der Waals surface area contributed by atoms with Crippen molar-refractivity contribution >= 4 is 17.5 Å². The SMILES string of the molecule is CCOc1ccc2c(c1C)O/C(=C\c1cccc([N+](=O)[O-])c1)C2=O. The van der Waals surface area contributed by atoms with Crippen molar-refractivity contribution in [1.82, 2.24) is 0 Å². The van der Waals surface area contributed by atoms with Gasteiger partial charge in [-0.25, -0.2) is 0 Å². The Morgan fingerprint density at radius 2 is 2.08 bits per heavy atom. The Labute approximate surface area is 138 Å². The minimum Gasteiger partial charge on any atom is -0.493 e. The lowest BCUT2D eigenvalue weighted by Crippen LogP contribution is -1.98. The molecular weight excluding hydrogens is 310 g/mol. The van der Waals surface area contributed by atoms with Gasteiger partial charge in [0.15, 0.2) is 5.76 Å². The molecule has 2 aromatic carbocycles. The first kappa shape index (κ1) is 15.7. The second-order valence-corrected chi connectivity index (χ2v) is 5.29. The minimum absolute atomic E-state index is 0.0397. The molecule has 0 aliphatic carbocycles. The van der Waals surface area contributed by atoms with Gasteiger partial charge in [0, 0.05) is 17.7 Å². The Morgan fingerprint density at radius 1 is 1.29 bits per heavy atom. The molecule has 0 saturated carbocycles. The Morgan fingerprint density at radius 3 is 2.79 bits per heavy atom. The molecule has 0 fully saturated rings. The molecule has 1 aliphatic rings. The normalized spacial score (nSPS) is 14.4. The number of rotatable bonds is 4. The number of allylic oxidation sites excluding steroid dienone is 1. The van der Waals surface area contributed by atoms with E-state index >= 15 is 0 Å². The van der Waals surface area contributed by atoms with Crippen LogP contribution in [0.3, 0.4) is 0 Å². The van der Waals surface area contributed by atoms with E-state index in [9.17, 15) is 14.9 Å². The third-order valence-electron chi connectivity index (χ3n) is 3.72. The zero-order valence-electron chi connectivity index (χ0n) is 13.2. The van der Waals surface area contributed by atoms with E-state index < -0.39 is 4.92 Å². The summed E-state index contributed by atoms with van der Waals surface area (Å²) < 4.78 is 11.2. The van der Waals surface area contributed by atoms with Gasteiger partial charge in [-0.1, -0.05) is 12.1 Å². The molecule has 24 heavy (non-hydrogen) atoms. The smallest absolute Gasteiger partial charge is 0.270 e. The number of benzene rings is 2. The van der Waals surface area contributed by atoms with Crippen LogP contribution < -0.4 is 9.47 Å². The zero-order valence-corrected chi connectivity index (χ0v) is 13.2. The van der Waals surface area contributed by atoms with Crippen LogP contribution in [-0.4, -0.2) is 17.3 Å². The molecule has 0 aromatic heterocycles. The van der Waals surface area contributed by atoms with Crippen molar-refractivity contribution in [2.24, 2.45) is 0 Å². The van der Waals surface area contributed by atoms with Crippen molar-refractivity contribution in [3.63, 3.8) is 0 Å². The number of nitro benzene ring substituents is 1. The first-order valence-corrected chi connectivity index (χ1v) is 7.46. The number of hydrogen-bond donors (Lipinski definition) is 0. The number of carbonyl (C=O) groups is 1. The van der Waals surface area contributed by atoms with Gasteiger partial charge in [0.2, 0.25) is 5.78 Å². The van der Waals surface area contributed by atoms with Gasteiger partial charge in [-0.15, -0.1) is 0 Å². The molecule has 0 bridgehead atoms. The van der Waals surface area contributed by atoms with E-state index in [4.69, 9.17) is 9.47 Å². The molecule has 0 atom stereocenters. The first-order valence-electron chi connectivity index (χ1n) is 7.46. The average molecular weight is 325 g/mol. The molecule has 122 valence electrons. The summed E-state index contributed by atoms with van der Waals surface area (Å²) >= 11 is 0. The van der Waals surface area contributed by atoms with Crippen LogP contribution in [-0.2, 0) is 0 Å². The van der Waals surface area contributed by atoms with Crippen molar-refractivity contribution in [2.45, 2.75) is 13.8 Å². The Hall–Kier alpha value is -3.15. The van der Waals surface area contributed by atoms with Gasteiger partial charge in [0.05, 0.1) is 17.1 Å². The number of nitrogens with zero attached hydrogens (tertiary/aromatic N) is 1. The molecule has 0 N–H and O–H groups in total. The highest BCUT2D eigenvalue weighted by Gasteiger charge is 2.30. The van der Waals surface area contributed by atoms with Crippen LogP contribution in [0, 0.1) is 17.0 Å². The summed E-state index contributed by atoms with van der Waals surface area (Å²) in [6, 6.07) is 9.45. The third kappa shape index (κ3) is 2.74. The monoisotopic (exact) mass is 325 g/mol. The predicted octanol–water partition coefficient (Wildman–Crippen LogP) is 3.92. The summed E-state index contributed by atoms with van der Waals surface area (Å²) in [5, 5.41) is 10.8. The third-order valence-corrected chi connectivity index (χ3v) is 3.72. The quantitative estimate of drug-likeness (QED) is 0.483. The fourth-order valence-electron chi connectivity index (χ4n) is 2.56. The molecule has 2 aromatic rings. The number of fused-ring (bicyclic) bond motifs is 1. The van der Waals surface area contributed by atoms with Gasteiger partial charge in [0.25, 0.3) is 5.69 Å². The number of hydrogen-bond acceptors (Lipinski definition) is 5. The van der Waals surface area contributed by atoms with E-state index in [0.717, 1.165) is 5.56 Å². The fraction of sp³-hybridized carbons (Fsp3) is 0.167. The molecule has 6 heteroatoms. The fourth-order valence-corrected chi connectivity index (χ4v) is 2.56. The predicted molar refractivity (Wildman–Crippen MR) is 88.4 cm³/mol. The maximum absolute atomic E-state index is 12.5. The Kier molecular flexibility index (Phi) is 4.04. The lowest BCUT2D eigenvalue weighted by Gasteiger charge is -2.09. The molecule has 0 saturated heterocycles. The maximum Gasteiger partial charge on any atom is 0.270 e. The van der Waals surface area contributed by atoms with Crippen LogP contribution in [0.5, 0.6) is 11.5 Å². The Bertz CT molecular complexity index is 870. The van der Waals surface area contributed by atoms with Crippen LogP contribution in [0.1, 0.15) is 28.4 Å². The van der Waals surface area contributed by atoms with E-state index in [0.29, 0.717) is 29.2 Å². The number of non-ortho nitro benzene ring substituents is 1. The minimum atomic E-state index is -0.480. The van der Waals surface area contributed by atoms with E-state index in [1.807, 2.05) is 13.8 Å². The summed E-state index contributed by atoms with van der Waals surface area (Å²) in [5.74, 6) is 1.04. The van der Waals surface area contributed by atoms with E-state index in [1.165, 1.54) is 18.2 Å². The number of ether oxygens (including phenoxy) is 2. The molecule has 0 radical (unpaired) electrons. The molecule has 6 nitrogen and oxygen atoms in total. The second-order valence-electron chi connectivity index (χ2n) is 5.29. The van der Waals surface area contributed by atoms with E-state index in [-0.39, 0.29) is 17.2 Å². The van der Waals surface area contributed by atoms with Crippen molar-refractivity contribution < 1.29 is 19.2 Å². The summed E-state index contributed by atoms with van der Waals surface area (Å²) in [5.41, 5.74) is 1.71. The van der Waals surface area contributed by atoms with Gasteiger partial charge in [-0.3, -0.25) is 14.9 Å². The summed E-state index contributed by atoms with van der Waals surface area (Å²) in [4.78, 5) is 22.8. The van der Waals surface area contributed by atoms with Gasteiger partial charge >= 0.3 is 0 Å². The number of nitro groups is 1. The summed E-state index contributed by atoms with van der Waals surface area (Å²) in [6.45, 7) is 4.23. The number of ketones is 1. The molecule has 1 aliphatic heterocycles. The molecule has 0 spiro atoms. The van der Waals surface area contributed by atoms with Crippen LogP contribution in [0.25, 0.3) is 6.08 Å². The molecule has 1 heterocycles. The summed E-state index contributed by atoms with van der Waals surface area (Å²) in [6.07, 6.45) is 1.51. The highest BCUT2D eigenvalue weighted by molar-refractivity contribution is 6.15. The highest BCUT2D eigenvalue weighted by Crippen LogP contribution is 2.39. The largest absolute Gasteiger partial charge is 0.493 e. The molecule has 0 amide bonds. The zero-order chi connectivity index (χ0) is 17.3. The van der Waals surface area contributed by atoms with Gasteiger partial charge < -0.3 is 9.47 Å². The van der Waals surface area contributed by atoms with Crippen molar-refractivity contribution in [1.29, 1.82) is 0 Å². The van der Waals surface area contributed by atoms with Crippen molar-refractivity contribution in [2.75, 3.05) is 6.61 Å². The maximum atomic E-state index is 12.5. The highest BCUT2D eigenvalue weighted by atomic mass is 16.6. The summed E-state index contributed by atoms with van der Waals surface area (Å²) in [7, 11) is 0. The van der Waals surface area contributed by atoms with Crippen molar-refractivity contribution in [3.05, 3.63) is 69.0 Å². The van der Waals surface area contributed by atoms with Gasteiger partial charge in [-0.05, 0) is 37.6 Å². The van der Waals surface area contributed by atoms with Crippen molar-refractivity contribution in [3.8, 4) is 11.5 Å². The molecular formula is C18H15NO5. The standard InChI is InChI=1S/C18H15NO5/c1-3-23-15-8-7-14-17(20)16(24-18(14)11(15)2)10-12-5-4-6-13(9-12)19(21)22/h4-10H,3H2,1-2H3/b16-10-. The van der Waals surface area contributed by atoms with Crippen LogP contribution in [0.15, 0.2) is 42.2 Å². The molecule has 3 rings (SSSR count). The molecule has 0 unspecified atom stereocenters. The lowest BCUT2D eigenvalue weighted by atomic mass is 10.1. The van der Waals surface area contributed by atoms with Crippen LogP contribution >= 0.6 is 0 Å². The van der Waals surface area contributed by atoms with E-state index in [2.05, 4.69) is 0 Å². The first-order chi connectivity index (χ1) is 11.5. The van der Waals surface area contributed by atoms with Gasteiger partial charge in [0.1, 0.15) is 11.5 Å². The van der Waals surface area contributed by atoms with Gasteiger partial charge in [-0.2, -0.15) is 0 Å². The van der Waals surface area contributed by atoms with Crippen LogP contribution in [0.4, 0.5) is 5.69 Å². The average Bonchev–Trinajstić information content (AvgIpc) is 2.88. The number of carbonyl (C=O) groups excluding carboxylic acids is 1. The number of Topliss-reactive ketones (excluding diaryl/α,β-unsaturated/α-hetero) is 1. The van der Waals surface area contributed by atoms with E-state index in [1.54, 1.807) is 24.3 Å². The lowest BCUT2D eigenvalue weighted by molar-refractivity contribution is -0.384. The second kappa shape index (κ2) is 6.16. The Balaban J connectivity index is 1.97. The van der Waals surface area contributed by atoms with Crippen LogP contribution in [0.2, 0.25) is 0 Å². The topological polar surface area (TPSA) is 78.7 Å².